The lowest BCUT2D eigenvalue weighted by molar-refractivity contribution is 0.101. The summed E-state index contributed by atoms with van der Waals surface area (Å²) >= 11 is 5.94. The van der Waals surface area contributed by atoms with E-state index in [-0.39, 0.29) is 26.0 Å². The number of nitrogens with zero attached hydrogens (tertiary/aromatic N) is 3. The van der Waals surface area contributed by atoms with Crippen molar-refractivity contribution in [2.75, 3.05) is 11.9 Å². The van der Waals surface area contributed by atoms with E-state index < -0.39 is 16.4 Å². The first-order valence-corrected chi connectivity index (χ1v) is 10.7. The summed E-state index contributed by atoms with van der Waals surface area (Å²) in [5.41, 5.74) is 1.99. The molecule has 0 amide bonds. The third-order valence-corrected chi connectivity index (χ3v) is 5.57. The van der Waals surface area contributed by atoms with Gasteiger partial charge in [0.15, 0.2) is 11.5 Å². The number of halogens is 1. The summed E-state index contributed by atoms with van der Waals surface area (Å²) in [5.74, 6) is 0.827. The molecule has 162 valence electrons. The van der Waals surface area contributed by atoms with E-state index in [0.29, 0.717) is 40.7 Å². The third kappa shape index (κ3) is 5.05. The van der Waals surface area contributed by atoms with Crippen molar-refractivity contribution < 1.29 is 17.7 Å². The van der Waals surface area contributed by atoms with Crippen molar-refractivity contribution in [1.29, 1.82) is 0 Å². The topological polar surface area (TPSA) is 156 Å². The van der Waals surface area contributed by atoms with Gasteiger partial charge in [-0.3, -0.25) is 4.18 Å². The van der Waals surface area contributed by atoms with Gasteiger partial charge in [0.1, 0.15) is 17.7 Å². The SMILES string of the molecule is C.NS(=O)(=O)OC[C@@H]1C[C@@H](Nc2ncnc3nc(-c4ccc(Cl)cc4)[nH]c23)C[C@@H]1O. The molecule has 10 nitrogen and oxygen atoms in total. The molecule has 0 radical (unpaired) electrons. The van der Waals surface area contributed by atoms with E-state index in [0.717, 1.165) is 5.56 Å². The van der Waals surface area contributed by atoms with Gasteiger partial charge in [-0.05, 0) is 37.1 Å². The fraction of sp³-hybridized carbons (Fsp3) is 0.389. The van der Waals surface area contributed by atoms with Gasteiger partial charge >= 0.3 is 10.3 Å². The maximum Gasteiger partial charge on any atom is 0.333 e. The Morgan fingerprint density at radius 3 is 2.70 bits per heavy atom. The highest BCUT2D eigenvalue weighted by Gasteiger charge is 2.34. The molecule has 1 aliphatic carbocycles. The average molecular weight is 455 g/mol. The molecule has 0 spiro atoms. The smallest absolute Gasteiger partial charge is 0.333 e. The predicted molar refractivity (Wildman–Crippen MR) is 114 cm³/mol. The summed E-state index contributed by atoms with van der Waals surface area (Å²) in [4.78, 5) is 16.2. The van der Waals surface area contributed by atoms with Gasteiger partial charge in [0, 0.05) is 22.5 Å². The summed E-state index contributed by atoms with van der Waals surface area (Å²) in [6.45, 7) is -0.165. The van der Waals surface area contributed by atoms with Crippen LogP contribution in [0.25, 0.3) is 22.6 Å². The number of rotatable bonds is 6. The number of nitrogens with one attached hydrogen (secondary N) is 2. The summed E-state index contributed by atoms with van der Waals surface area (Å²) in [5, 5.41) is 19.0. The molecule has 2 aromatic heterocycles. The first-order valence-electron chi connectivity index (χ1n) is 8.87. The second-order valence-corrected chi connectivity index (χ2v) is 8.59. The van der Waals surface area contributed by atoms with Crippen molar-refractivity contribution in [3.05, 3.63) is 35.6 Å². The minimum atomic E-state index is -4.04. The van der Waals surface area contributed by atoms with Crippen LogP contribution in [0.3, 0.4) is 0 Å². The Hall–Kier alpha value is -2.31. The minimum Gasteiger partial charge on any atom is -0.393 e. The van der Waals surface area contributed by atoms with Crippen LogP contribution < -0.4 is 10.5 Å². The molecule has 3 aromatic rings. The molecule has 1 aromatic carbocycles. The number of hydrogen-bond donors (Lipinski definition) is 4. The quantitative estimate of drug-likeness (QED) is 0.441. The van der Waals surface area contributed by atoms with Gasteiger partial charge in [0.2, 0.25) is 0 Å². The maximum absolute atomic E-state index is 11.0. The summed E-state index contributed by atoms with van der Waals surface area (Å²) < 4.78 is 26.6. The zero-order chi connectivity index (χ0) is 20.6. The predicted octanol–water partition coefficient (Wildman–Crippen LogP) is 2.08. The number of aromatic nitrogens is 4. The molecule has 12 heteroatoms. The molecule has 5 N–H and O–H groups in total. The molecule has 1 fully saturated rings. The van der Waals surface area contributed by atoms with Gasteiger partial charge < -0.3 is 15.4 Å². The molecule has 1 saturated carbocycles. The van der Waals surface area contributed by atoms with E-state index in [2.05, 4.69) is 29.4 Å². The van der Waals surface area contributed by atoms with Crippen LogP contribution in [0.5, 0.6) is 0 Å². The molecule has 30 heavy (non-hydrogen) atoms. The fourth-order valence-electron chi connectivity index (χ4n) is 3.46. The van der Waals surface area contributed by atoms with Crippen LogP contribution in [0.2, 0.25) is 5.02 Å². The van der Waals surface area contributed by atoms with Crippen LogP contribution in [0.1, 0.15) is 20.3 Å². The number of aliphatic hydroxyl groups is 1. The zero-order valence-corrected chi connectivity index (χ0v) is 16.7. The Morgan fingerprint density at radius 1 is 1.27 bits per heavy atom. The van der Waals surface area contributed by atoms with Gasteiger partial charge in [0.25, 0.3) is 0 Å². The Labute approximate surface area is 179 Å². The maximum atomic E-state index is 11.0. The van der Waals surface area contributed by atoms with Crippen molar-refractivity contribution in [3.63, 3.8) is 0 Å². The summed E-state index contributed by atoms with van der Waals surface area (Å²) in [7, 11) is -4.04. The Morgan fingerprint density at radius 2 is 2.00 bits per heavy atom. The van der Waals surface area contributed by atoms with E-state index in [1.165, 1.54) is 6.33 Å². The third-order valence-electron chi connectivity index (χ3n) is 4.85. The second-order valence-electron chi connectivity index (χ2n) is 6.93. The molecule has 0 bridgehead atoms. The van der Waals surface area contributed by atoms with Crippen molar-refractivity contribution >= 4 is 38.9 Å². The highest BCUT2D eigenvalue weighted by Crippen LogP contribution is 2.31. The lowest BCUT2D eigenvalue weighted by Gasteiger charge is -2.13. The Bertz CT molecular complexity index is 1120. The van der Waals surface area contributed by atoms with E-state index >= 15 is 0 Å². The number of aliphatic hydroxyl groups excluding tert-OH is 1. The number of imidazole rings is 1. The first kappa shape index (κ1) is 22.4. The van der Waals surface area contributed by atoms with Crippen molar-refractivity contribution in [1.82, 2.24) is 19.9 Å². The van der Waals surface area contributed by atoms with Crippen molar-refractivity contribution in [2.45, 2.75) is 32.4 Å². The number of nitrogens with two attached hydrogens (primary N) is 1. The first-order chi connectivity index (χ1) is 13.8. The normalized spacial score (nSPS) is 21.5. The van der Waals surface area contributed by atoms with Gasteiger partial charge in [-0.25, -0.2) is 20.1 Å². The standard InChI is InChI=1S/C17H19ClN6O4S.CH4/c18-11-3-1-9(2-4-11)15-23-14-16(20-8-21-17(14)24-15)22-12-5-10(13(25)6-12)7-28-29(19,26)27;/h1-4,8,10,12-13,25H,5-7H2,(H2,19,26,27)(H2,20,21,22,23,24);1H4/t10-,12+,13-;/m0./s1. The molecule has 3 atom stereocenters. The molecular formula is C18H23ClN6O4S. The molecule has 2 heterocycles. The Kier molecular flexibility index (Phi) is 6.58. The second kappa shape index (κ2) is 8.82. The van der Waals surface area contributed by atoms with Crippen LogP contribution in [0.15, 0.2) is 30.6 Å². The molecule has 4 rings (SSSR count). The number of hydrogen-bond acceptors (Lipinski definition) is 8. The van der Waals surface area contributed by atoms with E-state index in [1.54, 1.807) is 12.1 Å². The zero-order valence-electron chi connectivity index (χ0n) is 15.1. The molecule has 1 aliphatic rings. The average Bonchev–Trinajstić information content (AvgIpc) is 3.24. The lowest BCUT2D eigenvalue weighted by atomic mass is 10.1. The monoisotopic (exact) mass is 454 g/mol. The number of benzene rings is 1. The van der Waals surface area contributed by atoms with Crippen LogP contribution in [-0.2, 0) is 14.5 Å². The highest BCUT2D eigenvalue weighted by molar-refractivity contribution is 7.84. The van der Waals surface area contributed by atoms with Crippen LogP contribution in [0.4, 0.5) is 5.82 Å². The largest absolute Gasteiger partial charge is 0.393 e. The van der Waals surface area contributed by atoms with Crippen molar-refractivity contribution in [2.24, 2.45) is 11.1 Å². The molecule has 0 aliphatic heterocycles. The molecule has 0 saturated heterocycles. The van der Waals surface area contributed by atoms with Crippen LogP contribution in [-0.4, -0.2) is 52.2 Å². The minimum absolute atomic E-state index is 0. The van der Waals surface area contributed by atoms with E-state index in [9.17, 15) is 13.5 Å². The van der Waals surface area contributed by atoms with E-state index in [1.807, 2.05) is 12.1 Å². The number of fused-ring (bicyclic) bond motifs is 1. The summed E-state index contributed by atoms with van der Waals surface area (Å²) in [6, 6.07) is 7.13. The summed E-state index contributed by atoms with van der Waals surface area (Å²) in [6.07, 6.45) is 1.62. The van der Waals surface area contributed by atoms with Gasteiger partial charge in [-0.2, -0.15) is 8.42 Å². The number of anilines is 1. The number of H-pyrrole nitrogens is 1. The van der Waals surface area contributed by atoms with Crippen LogP contribution >= 0.6 is 11.6 Å². The van der Waals surface area contributed by atoms with E-state index in [4.69, 9.17) is 16.7 Å². The molecule has 0 unspecified atom stereocenters. The molecular weight excluding hydrogens is 432 g/mol. The van der Waals surface area contributed by atoms with Gasteiger partial charge in [-0.15, -0.1) is 0 Å². The van der Waals surface area contributed by atoms with Gasteiger partial charge in [-0.1, -0.05) is 19.0 Å². The Balaban J connectivity index is 0.00000256. The van der Waals surface area contributed by atoms with Crippen molar-refractivity contribution in [3.8, 4) is 11.4 Å². The fourth-order valence-corrected chi connectivity index (χ4v) is 3.95. The van der Waals surface area contributed by atoms with Crippen LogP contribution in [0, 0.1) is 5.92 Å². The number of aromatic amines is 1. The van der Waals surface area contributed by atoms with Gasteiger partial charge in [0.05, 0.1) is 12.7 Å². The lowest BCUT2D eigenvalue weighted by Crippen LogP contribution is -2.24. The highest BCUT2D eigenvalue weighted by atomic mass is 35.5.